The first-order chi connectivity index (χ1) is 10.1. The van der Waals surface area contributed by atoms with Crippen molar-refractivity contribution in [3.8, 4) is 0 Å². The van der Waals surface area contributed by atoms with Gasteiger partial charge in [0.2, 0.25) is 6.29 Å². The van der Waals surface area contributed by atoms with Crippen LogP contribution in [0.1, 0.15) is 12.0 Å². The quantitative estimate of drug-likeness (QED) is 0.756. The molecule has 0 radical (unpaired) electrons. The number of hydrogen-bond donors (Lipinski definition) is 0. The molecule has 0 spiro atoms. The molecule has 6 heteroatoms. The molecule has 2 atom stereocenters. The summed E-state index contributed by atoms with van der Waals surface area (Å²) in [7, 11) is -3.41. The summed E-state index contributed by atoms with van der Waals surface area (Å²) in [6, 6.07) is 10.1. The lowest BCUT2D eigenvalue weighted by atomic mass is 10.0. The molecule has 0 aromatic heterocycles. The molecule has 1 aliphatic heterocycles. The zero-order valence-corrected chi connectivity index (χ0v) is 16.4. The van der Waals surface area contributed by atoms with Crippen LogP contribution in [-0.2, 0) is 13.7 Å². The van der Waals surface area contributed by atoms with Gasteiger partial charge in [0.05, 0.1) is 5.71 Å². The molecular formula is C16H27NO3Si2. The first kappa shape index (κ1) is 17.4. The molecule has 122 valence electrons. The van der Waals surface area contributed by atoms with E-state index in [-0.39, 0.29) is 6.10 Å². The summed E-state index contributed by atoms with van der Waals surface area (Å²) in [5.41, 5.74) is 2.01. The number of benzene rings is 1. The Hall–Kier alpha value is -0.956. The van der Waals surface area contributed by atoms with Crippen LogP contribution in [-0.4, -0.2) is 34.7 Å². The van der Waals surface area contributed by atoms with Crippen molar-refractivity contribution in [1.82, 2.24) is 0 Å². The first-order valence-corrected chi connectivity index (χ1v) is 14.6. The van der Waals surface area contributed by atoms with Crippen LogP contribution in [0.5, 0.6) is 0 Å². The minimum Gasteiger partial charge on any atom is -0.408 e. The zero-order valence-electron chi connectivity index (χ0n) is 14.4. The van der Waals surface area contributed by atoms with Crippen molar-refractivity contribution in [1.29, 1.82) is 0 Å². The minimum atomic E-state index is -1.72. The maximum Gasteiger partial charge on any atom is 0.243 e. The van der Waals surface area contributed by atoms with Crippen LogP contribution in [0.15, 0.2) is 35.5 Å². The van der Waals surface area contributed by atoms with E-state index in [0.29, 0.717) is 0 Å². The maximum atomic E-state index is 6.32. The largest absolute Gasteiger partial charge is 0.408 e. The topological polar surface area (TPSA) is 40.0 Å². The Balaban J connectivity index is 2.19. The van der Waals surface area contributed by atoms with Gasteiger partial charge in [-0.3, -0.25) is 0 Å². The van der Waals surface area contributed by atoms with Crippen LogP contribution in [0.2, 0.25) is 39.3 Å². The average molecular weight is 338 g/mol. The third kappa shape index (κ3) is 5.35. The van der Waals surface area contributed by atoms with Crippen molar-refractivity contribution in [2.75, 3.05) is 0 Å². The summed E-state index contributed by atoms with van der Waals surface area (Å²) < 4.78 is 12.4. The van der Waals surface area contributed by atoms with E-state index >= 15 is 0 Å². The lowest BCUT2D eigenvalue weighted by Crippen LogP contribution is -2.48. The Morgan fingerprint density at radius 1 is 0.955 bits per heavy atom. The zero-order chi connectivity index (χ0) is 16.4. The predicted molar refractivity (Wildman–Crippen MR) is 95.1 cm³/mol. The Kier molecular flexibility index (Phi) is 5.26. The predicted octanol–water partition coefficient (Wildman–Crippen LogP) is 4.21. The van der Waals surface area contributed by atoms with E-state index in [1.165, 1.54) is 0 Å². The first-order valence-electron chi connectivity index (χ1n) is 7.78. The van der Waals surface area contributed by atoms with Crippen molar-refractivity contribution < 1.29 is 13.7 Å². The maximum absolute atomic E-state index is 6.32. The highest BCUT2D eigenvalue weighted by atomic mass is 28.4. The van der Waals surface area contributed by atoms with Crippen LogP contribution >= 0.6 is 0 Å². The fourth-order valence-electron chi connectivity index (χ4n) is 2.31. The minimum absolute atomic E-state index is 0.0916. The molecule has 0 unspecified atom stereocenters. The van der Waals surface area contributed by atoms with Gasteiger partial charge in [0.1, 0.15) is 6.10 Å². The summed E-state index contributed by atoms with van der Waals surface area (Å²) in [5.74, 6) is 0. The van der Waals surface area contributed by atoms with Gasteiger partial charge in [0.15, 0.2) is 16.6 Å². The van der Waals surface area contributed by atoms with Gasteiger partial charge in [-0.05, 0) is 44.8 Å². The van der Waals surface area contributed by atoms with E-state index in [1.807, 2.05) is 30.3 Å². The highest BCUT2D eigenvalue weighted by molar-refractivity contribution is 6.70. The Morgan fingerprint density at radius 3 is 2.09 bits per heavy atom. The molecule has 22 heavy (non-hydrogen) atoms. The molecular weight excluding hydrogens is 310 g/mol. The molecule has 0 saturated heterocycles. The van der Waals surface area contributed by atoms with Gasteiger partial charge in [-0.25, -0.2) is 0 Å². The second-order valence-electron chi connectivity index (χ2n) is 7.58. The molecule has 1 aromatic carbocycles. The Labute approximate surface area is 135 Å². The van der Waals surface area contributed by atoms with Gasteiger partial charge in [-0.2, -0.15) is 0 Å². The fourth-order valence-corrected chi connectivity index (χ4v) is 4.30. The lowest BCUT2D eigenvalue weighted by Gasteiger charge is -2.36. The average Bonchev–Trinajstić information content (AvgIpc) is 2.38. The lowest BCUT2D eigenvalue weighted by molar-refractivity contribution is -0.150. The van der Waals surface area contributed by atoms with E-state index in [9.17, 15) is 0 Å². The van der Waals surface area contributed by atoms with Gasteiger partial charge in [-0.1, -0.05) is 35.5 Å². The highest BCUT2D eigenvalue weighted by Gasteiger charge is 2.37. The van der Waals surface area contributed by atoms with Crippen molar-refractivity contribution in [2.24, 2.45) is 5.16 Å². The number of nitrogens with zero attached hydrogens (tertiary/aromatic N) is 1. The van der Waals surface area contributed by atoms with Crippen LogP contribution in [0.25, 0.3) is 0 Å². The molecule has 0 N–H and O–H groups in total. The fraction of sp³-hybridized carbons (Fsp3) is 0.562. The van der Waals surface area contributed by atoms with Crippen LogP contribution in [0.4, 0.5) is 0 Å². The third-order valence-corrected chi connectivity index (χ3v) is 5.00. The van der Waals surface area contributed by atoms with Gasteiger partial charge >= 0.3 is 0 Å². The molecule has 2 rings (SSSR count). The van der Waals surface area contributed by atoms with Crippen molar-refractivity contribution in [3.63, 3.8) is 0 Å². The molecule has 0 aliphatic carbocycles. The normalized spacial score (nSPS) is 22.9. The molecule has 1 heterocycles. The standard InChI is InChI=1S/C16H27NO3Si2/c1-21(2,3)19-15-12-14(13-10-8-7-9-11-13)17-18-16(15)20-22(4,5)6/h7-11,15-16H,12H2,1-6H3/t15-,16+/m0/s1. The Morgan fingerprint density at radius 2 is 1.55 bits per heavy atom. The smallest absolute Gasteiger partial charge is 0.243 e. The van der Waals surface area contributed by atoms with Crippen molar-refractivity contribution >= 4 is 22.3 Å². The van der Waals surface area contributed by atoms with Gasteiger partial charge in [0.25, 0.3) is 0 Å². The van der Waals surface area contributed by atoms with E-state index < -0.39 is 22.9 Å². The third-order valence-electron chi connectivity index (χ3n) is 3.05. The summed E-state index contributed by atoms with van der Waals surface area (Å²) >= 11 is 0. The van der Waals surface area contributed by atoms with Crippen LogP contribution < -0.4 is 0 Å². The second kappa shape index (κ2) is 6.66. The van der Waals surface area contributed by atoms with E-state index in [4.69, 9.17) is 13.7 Å². The van der Waals surface area contributed by atoms with Gasteiger partial charge in [0, 0.05) is 6.42 Å². The van der Waals surface area contributed by atoms with Crippen molar-refractivity contribution in [3.05, 3.63) is 35.9 Å². The summed E-state index contributed by atoms with van der Waals surface area (Å²) in [5, 5.41) is 4.29. The number of hydrogen-bond acceptors (Lipinski definition) is 4. The highest BCUT2D eigenvalue weighted by Crippen LogP contribution is 2.25. The SMILES string of the molecule is C[Si](C)(C)O[C@H]1ON=C(c2ccccc2)C[C@@H]1O[Si](C)(C)C. The molecule has 4 nitrogen and oxygen atoms in total. The summed E-state index contributed by atoms with van der Waals surface area (Å²) in [6.07, 6.45) is 0.237. The molecule has 1 aliphatic rings. The number of rotatable bonds is 5. The van der Waals surface area contributed by atoms with Gasteiger partial charge in [-0.15, -0.1) is 0 Å². The molecule has 1 aromatic rings. The van der Waals surface area contributed by atoms with E-state index in [2.05, 4.69) is 44.4 Å². The van der Waals surface area contributed by atoms with Gasteiger partial charge < -0.3 is 13.7 Å². The van der Waals surface area contributed by atoms with Crippen LogP contribution in [0.3, 0.4) is 0 Å². The van der Waals surface area contributed by atoms with Crippen LogP contribution in [0, 0.1) is 0 Å². The van der Waals surface area contributed by atoms with Crippen molar-refractivity contribution in [2.45, 2.75) is 58.1 Å². The number of oxime groups is 1. The molecule has 0 fully saturated rings. The van der Waals surface area contributed by atoms with E-state index in [0.717, 1.165) is 17.7 Å². The molecule has 0 amide bonds. The molecule has 0 bridgehead atoms. The summed E-state index contributed by atoms with van der Waals surface area (Å²) in [4.78, 5) is 5.68. The second-order valence-corrected chi connectivity index (χ2v) is 16.5. The van der Waals surface area contributed by atoms with E-state index in [1.54, 1.807) is 0 Å². The molecule has 0 saturated carbocycles. The summed E-state index contributed by atoms with van der Waals surface area (Å²) in [6.45, 7) is 13.0. The Bertz CT molecular complexity index is 520. The monoisotopic (exact) mass is 337 g/mol.